The molecule has 0 bridgehead atoms. The molecule has 2 atom stereocenters. The van der Waals surface area contributed by atoms with E-state index in [-0.39, 0.29) is 24.6 Å². The Balaban J connectivity index is 1.55. The van der Waals surface area contributed by atoms with E-state index in [1.807, 2.05) is 35.7 Å². The summed E-state index contributed by atoms with van der Waals surface area (Å²) in [5.41, 5.74) is 1.93. The predicted octanol–water partition coefficient (Wildman–Crippen LogP) is 4.03. The Morgan fingerprint density at radius 3 is 2.76 bits per heavy atom. The number of ether oxygens (including phenoxy) is 2. The molecule has 29 heavy (non-hydrogen) atoms. The van der Waals surface area contributed by atoms with Crippen LogP contribution in [0.15, 0.2) is 60.0 Å². The van der Waals surface area contributed by atoms with E-state index in [9.17, 15) is 9.59 Å². The summed E-state index contributed by atoms with van der Waals surface area (Å²) in [7, 11) is 1.75. The van der Waals surface area contributed by atoms with E-state index >= 15 is 0 Å². The van der Waals surface area contributed by atoms with Crippen LogP contribution in [-0.4, -0.2) is 30.6 Å². The van der Waals surface area contributed by atoms with E-state index in [2.05, 4.69) is 5.32 Å². The van der Waals surface area contributed by atoms with Crippen LogP contribution in [0.5, 0.6) is 11.5 Å². The standard InChI is InChI=1S/C22H18N2O4S/c1-24-20(18-7-4-10-29-18)19(14-5-2-3-6-15(14)22(24)26)21(25)23-13-8-9-16-17(11-13)28-12-27-16/h2-11,19-20H,12H2,1H3,(H,23,25)/t19-,20-/m1/s1. The van der Waals surface area contributed by atoms with Gasteiger partial charge in [-0.25, -0.2) is 0 Å². The summed E-state index contributed by atoms with van der Waals surface area (Å²) < 4.78 is 10.7. The van der Waals surface area contributed by atoms with Gasteiger partial charge in [-0.15, -0.1) is 11.3 Å². The first-order valence-corrected chi connectivity index (χ1v) is 10.1. The number of carbonyl (C=O) groups is 2. The van der Waals surface area contributed by atoms with Crippen molar-refractivity contribution >= 4 is 28.8 Å². The fourth-order valence-corrected chi connectivity index (χ4v) is 4.87. The van der Waals surface area contributed by atoms with Crippen LogP contribution < -0.4 is 14.8 Å². The Bertz CT molecular complexity index is 1100. The van der Waals surface area contributed by atoms with Crippen molar-refractivity contribution in [3.8, 4) is 11.5 Å². The minimum Gasteiger partial charge on any atom is -0.454 e. The van der Waals surface area contributed by atoms with Crippen LogP contribution in [0.2, 0.25) is 0 Å². The van der Waals surface area contributed by atoms with Crippen molar-refractivity contribution in [1.29, 1.82) is 0 Å². The van der Waals surface area contributed by atoms with Gasteiger partial charge in [-0.3, -0.25) is 9.59 Å². The third-order valence-corrected chi connectivity index (χ3v) is 6.28. The van der Waals surface area contributed by atoms with E-state index < -0.39 is 5.92 Å². The number of amides is 2. The molecule has 2 amide bonds. The smallest absolute Gasteiger partial charge is 0.254 e. The third-order valence-electron chi connectivity index (χ3n) is 5.34. The van der Waals surface area contributed by atoms with Crippen LogP contribution in [0.1, 0.15) is 32.8 Å². The number of nitrogens with zero attached hydrogens (tertiary/aromatic N) is 1. The maximum Gasteiger partial charge on any atom is 0.254 e. The summed E-state index contributed by atoms with van der Waals surface area (Å²) in [5.74, 6) is 0.486. The molecule has 0 radical (unpaired) electrons. The third kappa shape index (κ3) is 2.94. The molecule has 0 fully saturated rings. The largest absolute Gasteiger partial charge is 0.454 e. The second-order valence-electron chi connectivity index (χ2n) is 7.00. The zero-order valence-corrected chi connectivity index (χ0v) is 16.4. The van der Waals surface area contributed by atoms with E-state index in [1.54, 1.807) is 47.5 Å². The molecule has 2 aliphatic heterocycles. The second-order valence-corrected chi connectivity index (χ2v) is 7.98. The molecule has 1 aromatic heterocycles. The zero-order valence-electron chi connectivity index (χ0n) is 15.6. The van der Waals surface area contributed by atoms with Crippen molar-refractivity contribution in [2.24, 2.45) is 0 Å². The molecule has 0 saturated carbocycles. The summed E-state index contributed by atoms with van der Waals surface area (Å²) >= 11 is 1.54. The average Bonchev–Trinajstić information content (AvgIpc) is 3.42. The monoisotopic (exact) mass is 406 g/mol. The number of likely N-dealkylation sites (N-methyl/N-ethyl adjacent to an activating group) is 1. The Hall–Kier alpha value is -3.32. The van der Waals surface area contributed by atoms with Crippen LogP contribution in [0.4, 0.5) is 5.69 Å². The van der Waals surface area contributed by atoms with Crippen molar-refractivity contribution in [1.82, 2.24) is 4.90 Å². The van der Waals surface area contributed by atoms with Crippen molar-refractivity contribution in [3.63, 3.8) is 0 Å². The van der Waals surface area contributed by atoms with Crippen molar-refractivity contribution < 1.29 is 19.1 Å². The van der Waals surface area contributed by atoms with Gasteiger partial charge in [0, 0.05) is 29.2 Å². The fraction of sp³-hybridized carbons (Fsp3) is 0.182. The number of rotatable bonds is 3. The van der Waals surface area contributed by atoms with Gasteiger partial charge < -0.3 is 19.7 Å². The highest BCUT2D eigenvalue weighted by Crippen LogP contribution is 2.44. The van der Waals surface area contributed by atoms with Crippen LogP contribution in [0.3, 0.4) is 0 Å². The van der Waals surface area contributed by atoms with E-state index in [0.29, 0.717) is 22.7 Å². The minimum atomic E-state index is -0.530. The number of hydrogen-bond donors (Lipinski definition) is 1. The lowest BCUT2D eigenvalue weighted by Crippen LogP contribution is -2.43. The molecule has 6 nitrogen and oxygen atoms in total. The van der Waals surface area contributed by atoms with Crippen LogP contribution in [0, 0.1) is 0 Å². The van der Waals surface area contributed by atoms with E-state index in [4.69, 9.17) is 9.47 Å². The normalized spacial score (nSPS) is 19.8. The number of benzene rings is 2. The van der Waals surface area contributed by atoms with Crippen molar-refractivity contribution in [3.05, 3.63) is 76.0 Å². The molecule has 0 saturated heterocycles. The quantitative estimate of drug-likeness (QED) is 0.713. The van der Waals surface area contributed by atoms with E-state index in [0.717, 1.165) is 10.4 Å². The number of fused-ring (bicyclic) bond motifs is 2. The molecular weight excluding hydrogens is 388 g/mol. The van der Waals surface area contributed by atoms with E-state index in [1.165, 1.54) is 0 Å². The van der Waals surface area contributed by atoms with Gasteiger partial charge in [0.1, 0.15) is 0 Å². The zero-order chi connectivity index (χ0) is 20.0. The van der Waals surface area contributed by atoms with Crippen LogP contribution in [0.25, 0.3) is 0 Å². The van der Waals surface area contributed by atoms with Crippen LogP contribution in [-0.2, 0) is 4.79 Å². The lowest BCUT2D eigenvalue weighted by Gasteiger charge is -2.39. The van der Waals surface area contributed by atoms with Gasteiger partial charge in [-0.05, 0) is 35.2 Å². The van der Waals surface area contributed by atoms with Crippen LogP contribution >= 0.6 is 11.3 Å². The molecule has 1 N–H and O–H groups in total. The molecule has 2 aromatic carbocycles. The van der Waals surface area contributed by atoms with Gasteiger partial charge in [0.25, 0.3) is 5.91 Å². The highest BCUT2D eigenvalue weighted by atomic mass is 32.1. The summed E-state index contributed by atoms with van der Waals surface area (Å²) in [4.78, 5) is 29.1. The molecule has 0 aliphatic carbocycles. The number of carbonyl (C=O) groups excluding carboxylic acids is 2. The lowest BCUT2D eigenvalue weighted by molar-refractivity contribution is -0.119. The van der Waals surface area contributed by atoms with Gasteiger partial charge in [-0.2, -0.15) is 0 Å². The van der Waals surface area contributed by atoms with Crippen molar-refractivity contribution in [2.45, 2.75) is 12.0 Å². The highest BCUT2D eigenvalue weighted by Gasteiger charge is 2.43. The topological polar surface area (TPSA) is 67.9 Å². The lowest BCUT2D eigenvalue weighted by atomic mass is 9.81. The summed E-state index contributed by atoms with van der Waals surface area (Å²) in [6.07, 6.45) is 0. The van der Waals surface area contributed by atoms with Gasteiger partial charge >= 0.3 is 0 Å². The van der Waals surface area contributed by atoms with Gasteiger partial charge in [-0.1, -0.05) is 24.3 Å². The average molecular weight is 406 g/mol. The number of hydrogen-bond acceptors (Lipinski definition) is 5. The second kappa shape index (κ2) is 6.93. The number of anilines is 1. The molecule has 146 valence electrons. The molecular formula is C22H18N2O4S. The maximum atomic E-state index is 13.5. The summed E-state index contributed by atoms with van der Waals surface area (Å²) in [6, 6.07) is 16.2. The number of thiophene rings is 1. The highest BCUT2D eigenvalue weighted by molar-refractivity contribution is 7.10. The molecule has 0 spiro atoms. The number of nitrogens with one attached hydrogen (secondary N) is 1. The van der Waals surface area contributed by atoms with Gasteiger partial charge in [0.05, 0.1) is 12.0 Å². The molecule has 2 aliphatic rings. The van der Waals surface area contributed by atoms with Gasteiger partial charge in [0.2, 0.25) is 12.7 Å². The first-order chi connectivity index (χ1) is 14.1. The Labute approximate surface area is 171 Å². The predicted molar refractivity (Wildman–Crippen MR) is 110 cm³/mol. The molecule has 0 unspecified atom stereocenters. The first-order valence-electron chi connectivity index (χ1n) is 9.23. The summed E-state index contributed by atoms with van der Waals surface area (Å²) in [6.45, 7) is 0.177. The van der Waals surface area contributed by atoms with Crippen molar-refractivity contribution in [2.75, 3.05) is 19.2 Å². The Morgan fingerprint density at radius 2 is 1.93 bits per heavy atom. The minimum absolute atomic E-state index is 0.0777. The Morgan fingerprint density at radius 1 is 1.10 bits per heavy atom. The molecule has 7 heteroatoms. The SMILES string of the molecule is CN1C(=O)c2ccccc2[C@@H](C(=O)Nc2ccc3c(c2)OCO3)[C@H]1c1cccs1. The van der Waals surface area contributed by atoms with Gasteiger partial charge in [0.15, 0.2) is 11.5 Å². The fourth-order valence-electron chi connectivity index (χ4n) is 3.97. The first kappa shape index (κ1) is 17.8. The Kier molecular flexibility index (Phi) is 4.24. The maximum absolute atomic E-state index is 13.5. The summed E-state index contributed by atoms with van der Waals surface area (Å²) in [5, 5.41) is 4.96. The molecule has 5 rings (SSSR count). The molecule has 3 heterocycles. The molecule has 3 aromatic rings.